The van der Waals surface area contributed by atoms with Gasteiger partial charge >= 0.3 is 0 Å². The SMILES string of the molecule is CCc1ccc(NC(=O)CN2C[C@H]3CNC[C@H]3C2)cc1.Cl. The Bertz CT molecular complexity index is 465. The van der Waals surface area contributed by atoms with Crippen LogP contribution in [0.15, 0.2) is 24.3 Å². The number of carbonyl (C=O) groups is 1. The van der Waals surface area contributed by atoms with Crippen LogP contribution >= 0.6 is 12.4 Å². The molecule has 116 valence electrons. The molecule has 5 heteroatoms. The van der Waals surface area contributed by atoms with E-state index in [4.69, 9.17) is 0 Å². The third kappa shape index (κ3) is 3.96. The molecule has 3 rings (SSSR count). The second-order valence-corrected chi connectivity index (χ2v) is 5.97. The second-order valence-electron chi connectivity index (χ2n) is 5.97. The lowest BCUT2D eigenvalue weighted by molar-refractivity contribution is -0.117. The number of nitrogens with zero attached hydrogens (tertiary/aromatic N) is 1. The first-order valence-corrected chi connectivity index (χ1v) is 7.56. The summed E-state index contributed by atoms with van der Waals surface area (Å²) in [5.74, 6) is 1.58. The lowest BCUT2D eigenvalue weighted by Gasteiger charge is -2.16. The molecule has 0 radical (unpaired) electrons. The van der Waals surface area contributed by atoms with Gasteiger partial charge < -0.3 is 10.6 Å². The molecule has 0 spiro atoms. The van der Waals surface area contributed by atoms with Crippen molar-refractivity contribution in [3.63, 3.8) is 0 Å². The fourth-order valence-corrected chi connectivity index (χ4v) is 3.31. The maximum absolute atomic E-state index is 12.1. The third-order valence-electron chi connectivity index (χ3n) is 4.48. The zero-order chi connectivity index (χ0) is 13.9. The van der Waals surface area contributed by atoms with Gasteiger partial charge in [0.2, 0.25) is 5.91 Å². The fourth-order valence-electron chi connectivity index (χ4n) is 3.31. The van der Waals surface area contributed by atoms with Crippen LogP contribution in [0, 0.1) is 11.8 Å². The van der Waals surface area contributed by atoms with Crippen LogP contribution in [-0.2, 0) is 11.2 Å². The number of rotatable bonds is 4. The minimum Gasteiger partial charge on any atom is -0.325 e. The van der Waals surface area contributed by atoms with Gasteiger partial charge in [-0.15, -0.1) is 12.4 Å². The van der Waals surface area contributed by atoms with Crippen LogP contribution in [0.1, 0.15) is 12.5 Å². The average molecular weight is 310 g/mol. The Morgan fingerprint density at radius 3 is 2.43 bits per heavy atom. The summed E-state index contributed by atoms with van der Waals surface area (Å²) in [7, 11) is 0. The van der Waals surface area contributed by atoms with Crippen LogP contribution in [0.4, 0.5) is 5.69 Å². The number of likely N-dealkylation sites (tertiary alicyclic amines) is 1. The number of hydrogen-bond acceptors (Lipinski definition) is 3. The number of aryl methyl sites for hydroxylation is 1. The Hall–Kier alpha value is -1.10. The van der Waals surface area contributed by atoms with Crippen molar-refractivity contribution < 1.29 is 4.79 Å². The first-order valence-electron chi connectivity index (χ1n) is 7.56. The third-order valence-corrected chi connectivity index (χ3v) is 4.48. The van der Waals surface area contributed by atoms with E-state index in [1.54, 1.807) is 0 Å². The van der Waals surface area contributed by atoms with Crippen LogP contribution < -0.4 is 10.6 Å². The number of benzene rings is 1. The van der Waals surface area contributed by atoms with Crippen LogP contribution in [-0.4, -0.2) is 43.5 Å². The molecule has 0 bridgehead atoms. The summed E-state index contributed by atoms with van der Waals surface area (Å²) in [6.07, 6.45) is 1.03. The van der Waals surface area contributed by atoms with Crippen LogP contribution in [0.25, 0.3) is 0 Å². The molecule has 1 aromatic carbocycles. The maximum Gasteiger partial charge on any atom is 0.238 e. The Balaban J connectivity index is 0.00000161. The van der Waals surface area contributed by atoms with Gasteiger partial charge in [-0.05, 0) is 49.0 Å². The van der Waals surface area contributed by atoms with Crippen molar-refractivity contribution >= 4 is 24.0 Å². The van der Waals surface area contributed by atoms with E-state index < -0.39 is 0 Å². The van der Waals surface area contributed by atoms with Crippen molar-refractivity contribution in [3.8, 4) is 0 Å². The fraction of sp³-hybridized carbons (Fsp3) is 0.562. The first-order chi connectivity index (χ1) is 9.74. The summed E-state index contributed by atoms with van der Waals surface area (Å²) >= 11 is 0. The molecule has 2 aliphatic heterocycles. The standard InChI is InChI=1S/C16H23N3O.ClH/c1-2-12-3-5-15(6-4-12)18-16(20)11-19-9-13-7-17-8-14(13)10-19;/h3-6,13-14,17H,2,7-11H2,1H3,(H,18,20);1H/t13-,14+;. The quantitative estimate of drug-likeness (QED) is 0.891. The van der Waals surface area contributed by atoms with Crippen molar-refractivity contribution in [1.82, 2.24) is 10.2 Å². The van der Waals surface area contributed by atoms with Crippen LogP contribution in [0.3, 0.4) is 0 Å². The van der Waals surface area contributed by atoms with E-state index in [1.807, 2.05) is 12.1 Å². The molecule has 2 N–H and O–H groups in total. The molecule has 2 saturated heterocycles. The predicted octanol–water partition coefficient (Wildman–Crippen LogP) is 1.76. The zero-order valence-corrected chi connectivity index (χ0v) is 13.3. The van der Waals surface area contributed by atoms with Gasteiger partial charge in [-0.2, -0.15) is 0 Å². The minimum absolute atomic E-state index is 0. The van der Waals surface area contributed by atoms with Gasteiger partial charge in [0.05, 0.1) is 6.54 Å². The molecular formula is C16H24ClN3O. The molecule has 0 saturated carbocycles. The molecule has 2 aliphatic rings. The van der Waals surface area contributed by atoms with E-state index in [0.717, 1.165) is 50.1 Å². The molecule has 2 heterocycles. The average Bonchev–Trinajstić information content (AvgIpc) is 3.00. The van der Waals surface area contributed by atoms with Gasteiger partial charge in [-0.25, -0.2) is 0 Å². The lowest BCUT2D eigenvalue weighted by Crippen LogP contribution is -2.33. The van der Waals surface area contributed by atoms with Crippen molar-refractivity contribution in [3.05, 3.63) is 29.8 Å². The molecular weight excluding hydrogens is 286 g/mol. The largest absolute Gasteiger partial charge is 0.325 e. The van der Waals surface area contributed by atoms with E-state index in [-0.39, 0.29) is 18.3 Å². The number of hydrogen-bond donors (Lipinski definition) is 2. The van der Waals surface area contributed by atoms with E-state index in [0.29, 0.717) is 6.54 Å². The summed E-state index contributed by atoms with van der Waals surface area (Å²) in [4.78, 5) is 14.4. The van der Waals surface area contributed by atoms with Gasteiger partial charge in [0, 0.05) is 18.8 Å². The normalized spacial score (nSPS) is 24.4. The maximum atomic E-state index is 12.1. The molecule has 2 atom stereocenters. The molecule has 0 aliphatic carbocycles. The molecule has 4 nitrogen and oxygen atoms in total. The number of carbonyl (C=O) groups excluding carboxylic acids is 1. The minimum atomic E-state index is 0. The number of fused-ring (bicyclic) bond motifs is 1. The molecule has 1 aromatic rings. The van der Waals surface area contributed by atoms with Gasteiger partial charge in [0.1, 0.15) is 0 Å². The number of halogens is 1. The lowest BCUT2D eigenvalue weighted by atomic mass is 10.0. The smallest absolute Gasteiger partial charge is 0.238 e. The van der Waals surface area contributed by atoms with Crippen LogP contribution in [0.5, 0.6) is 0 Å². The van der Waals surface area contributed by atoms with Crippen molar-refractivity contribution in [2.24, 2.45) is 11.8 Å². The summed E-state index contributed by atoms with van der Waals surface area (Å²) in [6.45, 7) is 6.98. The molecule has 1 amide bonds. The summed E-state index contributed by atoms with van der Waals surface area (Å²) in [5.41, 5.74) is 2.19. The monoisotopic (exact) mass is 309 g/mol. The zero-order valence-electron chi connectivity index (χ0n) is 12.5. The highest BCUT2D eigenvalue weighted by Crippen LogP contribution is 2.25. The highest BCUT2D eigenvalue weighted by molar-refractivity contribution is 5.92. The van der Waals surface area contributed by atoms with Crippen molar-refractivity contribution in [2.45, 2.75) is 13.3 Å². The number of nitrogens with one attached hydrogen (secondary N) is 2. The molecule has 0 aromatic heterocycles. The van der Waals surface area contributed by atoms with Crippen molar-refractivity contribution in [2.75, 3.05) is 38.0 Å². The van der Waals surface area contributed by atoms with E-state index in [9.17, 15) is 4.79 Å². The Kier molecular flexibility index (Phi) is 5.62. The summed E-state index contributed by atoms with van der Waals surface area (Å²) < 4.78 is 0. The number of amides is 1. The molecule has 21 heavy (non-hydrogen) atoms. The first kappa shape index (κ1) is 16.3. The Morgan fingerprint density at radius 1 is 1.24 bits per heavy atom. The topological polar surface area (TPSA) is 44.4 Å². The Labute approximate surface area is 132 Å². The van der Waals surface area contributed by atoms with Crippen molar-refractivity contribution in [1.29, 1.82) is 0 Å². The molecule has 2 fully saturated rings. The highest BCUT2D eigenvalue weighted by Gasteiger charge is 2.36. The van der Waals surface area contributed by atoms with Gasteiger partial charge in [0.15, 0.2) is 0 Å². The van der Waals surface area contributed by atoms with Crippen LogP contribution in [0.2, 0.25) is 0 Å². The summed E-state index contributed by atoms with van der Waals surface area (Å²) in [6, 6.07) is 8.11. The summed E-state index contributed by atoms with van der Waals surface area (Å²) in [5, 5.41) is 6.41. The highest BCUT2D eigenvalue weighted by atomic mass is 35.5. The van der Waals surface area contributed by atoms with E-state index in [1.165, 1.54) is 5.56 Å². The van der Waals surface area contributed by atoms with Gasteiger partial charge in [-0.3, -0.25) is 9.69 Å². The number of anilines is 1. The second kappa shape index (κ2) is 7.25. The Morgan fingerprint density at radius 2 is 1.86 bits per heavy atom. The predicted molar refractivity (Wildman–Crippen MR) is 88.0 cm³/mol. The van der Waals surface area contributed by atoms with E-state index >= 15 is 0 Å². The van der Waals surface area contributed by atoms with E-state index in [2.05, 4.69) is 34.6 Å². The molecule has 0 unspecified atom stereocenters. The van der Waals surface area contributed by atoms with Gasteiger partial charge in [-0.1, -0.05) is 19.1 Å². The van der Waals surface area contributed by atoms with Gasteiger partial charge in [0.25, 0.3) is 0 Å².